The van der Waals surface area contributed by atoms with Crippen LogP contribution >= 0.6 is 0 Å². The molecule has 0 spiro atoms. The minimum Gasteiger partial charge on any atom is -0.451 e. The number of anilines is 1. The van der Waals surface area contributed by atoms with Crippen LogP contribution in [0.5, 0.6) is 0 Å². The molecule has 3 aromatic rings. The molecule has 1 aliphatic rings. The van der Waals surface area contributed by atoms with Crippen LogP contribution in [0.1, 0.15) is 35.4 Å². The molecule has 9 heteroatoms. The highest BCUT2D eigenvalue weighted by molar-refractivity contribution is 7.89. The van der Waals surface area contributed by atoms with Crippen LogP contribution in [0, 0.1) is 6.92 Å². The fourth-order valence-electron chi connectivity index (χ4n) is 4.15. The summed E-state index contributed by atoms with van der Waals surface area (Å²) >= 11 is 0. The molecule has 34 heavy (non-hydrogen) atoms. The summed E-state index contributed by atoms with van der Waals surface area (Å²) in [5, 5.41) is 6.49. The minimum atomic E-state index is -3.70. The van der Waals surface area contributed by atoms with E-state index in [1.54, 1.807) is 18.2 Å². The van der Waals surface area contributed by atoms with Gasteiger partial charge in [0.15, 0.2) is 5.76 Å². The zero-order chi connectivity index (χ0) is 24.3. The Morgan fingerprint density at radius 3 is 2.53 bits per heavy atom. The molecular formula is C25H27N3O5S. The molecule has 2 N–H and O–H groups in total. The van der Waals surface area contributed by atoms with Crippen LogP contribution in [0.25, 0.3) is 11.0 Å². The zero-order valence-electron chi connectivity index (χ0n) is 18.9. The van der Waals surface area contributed by atoms with E-state index in [1.165, 1.54) is 22.5 Å². The lowest BCUT2D eigenvalue weighted by Gasteiger charge is -2.20. The van der Waals surface area contributed by atoms with Crippen LogP contribution < -0.4 is 10.6 Å². The molecule has 4 rings (SSSR count). The number of aryl methyl sites for hydroxylation is 1. The molecule has 2 aromatic carbocycles. The Morgan fingerprint density at radius 1 is 1.09 bits per heavy atom. The van der Waals surface area contributed by atoms with Gasteiger partial charge in [-0.15, -0.1) is 0 Å². The van der Waals surface area contributed by atoms with Crippen molar-refractivity contribution in [2.75, 3.05) is 18.4 Å². The van der Waals surface area contributed by atoms with Crippen LogP contribution in [0.3, 0.4) is 0 Å². The van der Waals surface area contributed by atoms with Gasteiger partial charge >= 0.3 is 0 Å². The van der Waals surface area contributed by atoms with Gasteiger partial charge < -0.3 is 15.1 Å². The van der Waals surface area contributed by atoms with Gasteiger partial charge in [0.1, 0.15) is 5.58 Å². The van der Waals surface area contributed by atoms with Gasteiger partial charge in [-0.05, 0) is 62.6 Å². The molecule has 2 amide bonds. The number of para-hydroxylation sites is 1. The second kappa shape index (κ2) is 9.82. The third kappa shape index (κ3) is 4.90. The zero-order valence-corrected chi connectivity index (χ0v) is 19.7. The van der Waals surface area contributed by atoms with Crippen molar-refractivity contribution >= 4 is 38.5 Å². The third-order valence-corrected chi connectivity index (χ3v) is 7.93. The van der Waals surface area contributed by atoms with Crippen LogP contribution in [-0.4, -0.2) is 43.7 Å². The van der Waals surface area contributed by atoms with E-state index >= 15 is 0 Å². The highest BCUT2D eigenvalue weighted by atomic mass is 32.2. The van der Waals surface area contributed by atoms with Crippen molar-refractivity contribution < 1.29 is 22.4 Å². The smallest absolute Gasteiger partial charge is 0.291 e. The van der Waals surface area contributed by atoms with Crippen molar-refractivity contribution in [1.82, 2.24) is 9.62 Å². The Morgan fingerprint density at radius 2 is 1.82 bits per heavy atom. The topological polar surface area (TPSA) is 109 Å². The number of amides is 2. The van der Waals surface area contributed by atoms with Crippen LogP contribution in [0.2, 0.25) is 0 Å². The van der Waals surface area contributed by atoms with Crippen LogP contribution in [0.4, 0.5) is 5.69 Å². The number of sulfonamides is 1. The van der Waals surface area contributed by atoms with Crippen molar-refractivity contribution in [2.45, 2.75) is 37.1 Å². The van der Waals surface area contributed by atoms with Crippen molar-refractivity contribution in [3.8, 4) is 0 Å². The molecular weight excluding hydrogens is 454 g/mol. The summed E-state index contributed by atoms with van der Waals surface area (Å²) in [6, 6.07) is 13.4. The van der Waals surface area contributed by atoms with Crippen molar-refractivity contribution in [1.29, 1.82) is 0 Å². The molecule has 1 saturated heterocycles. The van der Waals surface area contributed by atoms with E-state index in [2.05, 4.69) is 17.2 Å². The molecule has 0 aliphatic carbocycles. The van der Waals surface area contributed by atoms with E-state index < -0.39 is 15.9 Å². The summed E-state index contributed by atoms with van der Waals surface area (Å²) in [6.07, 6.45) is 3.10. The van der Waals surface area contributed by atoms with Crippen LogP contribution in [-0.2, 0) is 14.8 Å². The van der Waals surface area contributed by atoms with Crippen LogP contribution in [0.15, 0.2) is 70.5 Å². The second-order valence-corrected chi connectivity index (χ2v) is 10.2. The lowest BCUT2D eigenvalue weighted by atomic mass is 10.1. The monoisotopic (exact) mass is 481 g/mol. The van der Waals surface area contributed by atoms with Crippen molar-refractivity contribution in [2.24, 2.45) is 0 Å². The quantitative estimate of drug-likeness (QED) is 0.520. The Labute approximate surface area is 198 Å². The second-order valence-electron chi connectivity index (χ2n) is 8.28. The van der Waals surface area contributed by atoms with E-state index in [4.69, 9.17) is 4.42 Å². The number of nitrogens with zero attached hydrogens (tertiary/aromatic N) is 1. The van der Waals surface area contributed by atoms with E-state index in [1.807, 2.05) is 25.1 Å². The molecule has 0 saturated carbocycles. The fraction of sp³-hybridized carbons (Fsp3) is 0.280. The number of furan rings is 1. The largest absolute Gasteiger partial charge is 0.451 e. The molecule has 0 radical (unpaired) electrons. The van der Waals surface area contributed by atoms with Gasteiger partial charge in [-0.3, -0.25) is 9.59 Å². The Kier molecular flexibility index (Phi) is 6.85. The Hall–Kier alpha value is -3.43. The number of benzene rings is 2. The van der Waals surface area contributed by atoms with Gasteiger partial charge in [-0.25, -0.2) is 8.42 Å². The Bertz CT molecular complexity index is 1330. The molecule has 178 valence electrons. The summed E-state index contributed by atoms with van der Waals surface area (Å²) in [6.45, 7) is 5.97. The van der Waals surface area contributed by atoms with Gasteiger partial charge in [0.2, 0.25) is 15.9 Å². The third-order valence-electron chi connectivity index (χ3n) is 6.02. The average molecular weight is 482 g/mol. The number of nitrogens with one attached hydrogen (secondary N) is 2. The lowest BCUT2D eigenvalue weighted by Crippen LogP contribution is -2.36. The number of carbonyl (C=O) groups is 2. The van der Waals surface area contributed by atoms with E-state index in [9.17, 15) is 18.0 Å². The molecule has 2 heterocycles. The molecule has 8 nitrogen and oxygen atoms in total. The highest BCUT2D eigenvalue weighted by Crippen LogP contribution is 2.26. The van der Waals surface area contributed by atoms with Gasteiger partial charge in [-0.2, -0.15) is 4.31 Å². The number of hydrogen-bond donors (Lipinski definition) is 2. The maximum atomic E-state index is 13.1. The number of carbonyl (C=O) groups excluding carboxylic acids is 2. The maximum Gasteiger partial charge on any atom is 0.291 e. The first-order valence-electron chi connectivity index (χ1n) is 11.1. The summed E-state index contributed by atoms with van der Waals surface area (Å²) in [5.74, 6) is -0.429. The summed E-state index contributed by atoms with van der Waals surface area (Å²) in [4.78, 5) is 24.4. The summed E-state index contributed by atoms with van der Waals surface area (Å²) < 4.78 is 33.4. The molecule has 1 unspecified atom stereocenters. The van der Waals surface area contributed by atoms with E-state index in [0.29, 0.717) is 43.6 Å². The number of fused-ring (bicyclic) bond motifs is 1. The minimum absolute atomic E-state index is 0.0787. The van der Waals surface area contributed by atoms with Gasteiger partial charge in [0, 0.05) is 35.8 Å². The van der Waals surface area contributed by atoms with Crippen molar-refractivity contribution in [3.63, 3.8) is 0 Å². The predicted octanol–water partition coefficient (Wildman–Crippen LogP) is 3.84. The average Bonchev–Trinajstić information content (AvgIpc) is 3.00. The standard InChI is InChI=1S/C25H27N3O5S/c1-3-23(29)26-18-7-6-15-28(16-14-18)34(31,32)20-12-10-19(11-13-20)27-25(30)24-17(2)21-8-4-5-9-22(21)33-24/h3-5,8-13,18H,1,6-7,14-16H2,2H3,(H,26,29)(H,27,30). The van der Waals surface area contributed by atoms with E-state index in [0.717, 1.165) is 10.9 Å². The van der Waals surface area contributed by atoms with Gasteiger partial charge in [0.05, 0.1) is 4.90 Å². The summed E-state index contributed by atoms with van der Waals surface area (Å²) in [7, 11) is -3.70. The number of hydrogen-bond acceptors (Lipinski definition) is 5. The first-order chi connectivity index (χ1) is 16.3. The molecule has 1 fully saturated rings. The van der Waals surface area contributed by atoms with E-state index in [-0.39, 0.29) is 22.6 Å². The molecule has 0 bridgehead atoms. The lowest BCUT2D eigenvalue weighted by molar-refractivity contribution is -0.117. The first kappa shape index (κ1) is 23.7. The Balaban J connectivity index is 1.44. The maximum absolute atomic E-state index is 13.1. The SMILES string of the molecule is C=CC(=O)NC1CCCN(S(=O)(=O)c2ccc(NC(=O)c3oc4ccccc4c3C)cc2)CC1. The predicted molar refractivity (Wildman–Crippen MR) is 130 cm³/mol. The van der Waals surface area contributed by atoms with Gasteiger partial charge in [0.25, 0.3) is 5.91 Å². The van der Waals surface area contributed by atoms with Crippen molar-refractivity contribution in [3.05, 3.63) is 72.5 Å². The fourth-order valence-corrected chi connectivity index (χ4v) is 5.65. The molecule has 1 aliphatic heterocycles. The number of rotatable bonds is 6. The molecule has 1 atom stereocenters. The summed E-state index contributed by atoms with van der Waals surface area (Å²) in [5.41, 5.74) is 1.85. The van der Waals surface area contributed by atoms with Gasteiger partial charge in [-0.1, -0.05) is 24.8 Å². The molecule has 1 aromatic heterocycles. The normalized spacial score (nSPS) is 17.1. The highest BCUT2D eigenvalue weighted by Gasteiger charge is 2.28. The first-order valence-corrected chi connectivity index (χ1v) is 12.6.